The summed E-state index contributed by atoms with van der Waals surface area (Å²) in [5.74, 6) is -1.83. The highest BCUT2D eigenvalue weighted by Crippen LogP contribution is 2.46. The Morgan fingerprint density at radius 3 is 2.42 bits per heavy atom. The van der Waals surface area contributed by atoms with Gasteiger partial charge in [-0.05, 0) is 24.1 Å². The van der Waals surface area contributed by atoms with Crippen LogP contribution in [0.2, 0.25) is 0 Å². The zero-order chi connectivity index (χ0) is 23.4. The van der Waals surface area contributed by atoms with Gasteiger partial charge in [-0.1, -0.05) is 54.6 Å². The number of hydrogen-bond acceptors (Lipinski definition) is 6. The van der Waals surface area contributed by atoms with Gasteiger partial charge in [0.05, 0.1) is 34.8 Å². The Morgan fingerprint density at radius 1 is 1.09 bits per heavy atom. The van der Waals surface area contributed by atoms with E-state index in [9.17, 15) is 18.6 Å². The van der Waals surface area contributed by atoms with Crippen molar-refractivity contribution in [1.82, 2.24) is 4.90 Å². The summed E-state index contributed by atoms with van der Waals surface area (Å²) in [4.78, 5) is 39.6. The Kier molecular flexibility index (Phi) is 6.84. The van der Waals surface area contributed by atoms with Gasteiger partial charge in [0.2, 0.25) is 5.91 Å². The number of methoxy groups -OCH3 is 1. The van der Waals surface area contributed by atoms with E-state index in [1.54, 1.807) is 30.3 Å². The average Bonchev–Trinajstić information content (AvgIpc) is 3.21. The van der Waals surface area contributed by atoms with E-state index >= 15 is 0 Å². The normalized spacial score (nSPS) is 20.4. The predicted octanol–water partition coefficient (Wildman–Crippen LogP) is 3.10. The number of ether oxygens (including phenoxy) is 2. The van der Waals surface area contributed by atoms with Gasteiger partial charge in [-0.2, -0.15) is 0 Å². The lowest BCUT2D eigenvalue weighted by molar-refractivity contribution is -0.157. The number of fused-ring (bicyclic) bond motifs is 1. The number of benzene rings is 2. The lowest BCUT2D eigenvalue weighted by atomic mass is 9.84. The third-order valence-electron chi connectivity index (χ3n) is 5.68. The van der Waals surface area contributed by atoms with Gasteiger partial charge in [0, 0.05) is 17.4 Å². The smallest absolute Gasteiger partial charge is 0.356 e. The van der Waals surface area contributed by atoms with Gasteiger partial charge < -0.3 is 14.4 Å². The van der Waals surface area contributed by atoms with Crippen molar-refractivity contribution in [1.29, 1.82) is 0 Å². The number of carbonyl (C=O) groups excluding carboxylic acids is 3. The number of carbonyl (C=O) groups is 3. The second-order valence-corrected chi connectivity index (χ2v) is 9.16. The minimum Gasteiger partial charge on any atom is -0.466 e. The number of rotatable bonds is 8. The molecular weight excluding hydrogens is 442 g/mol. The molecular formula is C25H23NO6S. The lowest BCUT2D eigenvalue weighted by Crippen LogP contribution is -2.58. The molecule has 0 N–H and O–H groups in total. The maximum absolute atomic E-state index is 13.3. The van der Waals surface area contributed by atoms with Gasteiger partial charge in [-0.3, -0.25) is 4.79 Å². The molecule has 8 heteroatoms. The Balaban J connectivity index is 1.57. The van der Waals surface area contributed by atoms with Crippen LogP contribution in [0.25, 0.3) is 0 Å². The van der Waals surface area contributed by atoms with Gasteiger partial charge in [0.1, 0.15) is 12.3 Å². The molecule has 4 rings (SSSR count). The second-order valence-electron chi connectivity index (χ2n) is 7.66. The summed E-state index contributed by atoms with van der Waals surface area (Å²) in [7, 11) is -0.330. The molecule has 2 aliphatic heterocycles. The summed E-state index contributed by atoms with van der Waals surface area (Å²) in [5.41, 5.74) is 0.879. The topological polar surface area (TPSA) is 90.0 Å². The van der Waals surface area contributed by atoms with E-state index in [-0.39, 0.29) is 24.3 Å². The van der Waals surface area contributed by atoms with Gasteiger partial charge in [-0.25, -0.2) is 13.8 Å². The molecule has 1 amide bonds. The Bertz CT molecular complexity index is 1140. The van der Waals surface area contributed by atoms with Gasteiger partial charge >= 0.3 is 11.9 Å². The fourth-order valence-electron chi connectivity index (χ4n) is 4.03. The molecule has 3 unspecified atom stereocenters. The van der Waals surface area contributed by atoms with Crippen LogP contribution in [0.3, 0.4) is 0 Å². The molecule has 1 fully saturated rings. The standard InChI is InChI=1S/C25H23NO6S/c1-31-22(27)14-8-13-19-20-15-21(33(30)18-11-6-3-7-12-18)23(26(20)24(19)28)25(29)32-16-17-9-4-2-5-10-17/h2-12,14,19-20H,13,15-16H2,1H3/b14-8+. The maximum atomic E-state index is 13.3. The van der Waals surface area contributed by atoms with Crippen LogP contribution in [0.1, 0.15) is 18.4 Å². The third-order valence-corrected chi connectivity index (χ3v) is 7.19. The fraction of sp³-hybridized carbons (Fsp3) is 0.240. The van der Waals surface area contributed by atoms with Crippen molar-refractivity contribution < 1.29 is 28.1 Å². The van der Waals surface area contributed by atoms with Crippen LogP contribution in [-0.2, 0) is 41.3 Å². The van der Waals surface area contributed by atoms with Crippen LogP contribution in [0.5, 0.6) is 0 Å². The molecule has 3 atom stereocenters. The molecule has 0 spiro atoms. The Morgan fingerprint density at radius 2 is 1.76 bits per heavy atom. The first-order chi connectivity index (χ1) is 16.0. The fourth-order valence-corrected chi connectivity index (χ4v) is 5.39. The molecule has 2 aromatic rings. The van der Waals surface area contributed by atoms with Crippen molar-refractivity contribution in [3.05, 3.63) is 89.0 Å². The molecule has 170 valence electrons. The van der Waals surface area contributed by atoms with E-state index in [4.69, 9.17) is 4.74 Å². The molecule has 1 saturated heterocycles. The quantitative estimate of drug-likeness (QED) is 0.338. The average molecular weight is 466 g/mol. The summed E-state index contributed by atoms with van der Waals surface area (Å²) >= 11 is 0. The SMILES string of the molecule is COC(=O)/C=C/CC1C(=O)N2C(C(=O)OCc3ccccc3)=C(S(=O)c3ccccc3)CC12. The monoisotopic (exact) mass is 465 g/mol. The first-order valence-electron chi connectivity index (χ1n) is 10.5. The van der Waals surface area contributed by atoms with E-state index in [1.165, 1.54) is 18.1 Å². The molecule has 2 heterocycles. The highest BCUT2D eigenvalue weighted by molar-refractivity contribution is 7.89. The number of hydrogen-bond donors (Lipinski definition) is 0. The van der Waals surface area contributed by atoms with E-state index in [0.29, 0.717) is 22.6 Å². The Hall–Kier alpha value is -3.52. The predicted molar refractivity (Wildman–Crippen MR) is 121 cm³/mol. The zero-order valence-electron chi connectivity index (χ0n) is 18.0. The van der Waals surface area contributed by atoms with Crippen LogP contribution in [0.4, 0.5) is 0 Å². The van der Waals surface area contributed by atoms with Crippen LogP contribution in [0.15, 0.2) is 88.3 Å². The van der Waals surface area contributed by atoms with Crippen LogP contribution < -0.4 is 0 Å². The number of esters is 2. The van der Waals surface area contributed by atoms with E-state index in [1.807, 2.05) is 36.4 Å². The molecule has 2 aromatic carbocycles. The highest BCUT2D eigenvalue weighted by Gasteiger charge is 2.55. The first-order valence-corrected chi connectivity index (χ1v) is 11.6. The summed E-state index contributed by atoms with van der Waals surface area (Å²) in [6, 6.07) is 17.7. The second kappa shape index (κ2) is 9.95. The number of nitrogens with zero attached hydrogens (tertiary/aromatic N) is 1. The highest BCUT2D eigenvalue weighted by atomic mass is 32.2. The number of amides is 1. The first kappa shape index (κ1) is 22.7. The third kappa shape index (κ3) is 4.66. The van der Waals surface area contributed by atoms with Gasteiger partial charge in [0.25, 0.3) is 0 Å². The van der Waals surface area contributed by atoms with Gasteiger partial charge in [-0.15, -0.1) is 0 Å². The summed E-state index contributed by atoms with van der Waals surface area (Å²) in [6.45, 7) is 0.0480. The van der Waals surface area contributed by atoms with Crippen molar-refractivity contribution in [2.45, 2.75) is 30.4 Å². The van der Waals surface area contributed by atoms with E-state index < -0.39 is 28.7 Å². The molecule has 0 aliphatic carbocycles. The zero-order valence-corrected chi connectivity index (χ0v) is 18.8. The van der Waals surface area contributed by atoms with E-state index in [0.717, 1.165) is 5.56 Å². The molecule has 0 aromatic heterocycles. The van der Waals surface area contributed by atoms with Gasteiger partial charge in [0.15, 0.2) is 0 Å². The maximum Gasteiger partial charge on any atom is 0.356 e. The van der Waals surface area contributed by atoms with Crippen molar-refractivity contribution in [3.63, 3.8) is 0 Å². The van der Waals surface area contributed by atoms with Crippen molar-refractivity contribution in [2.24, 2.45) is 5.92 Å². The van der Waals surface area contributed by atoms with Crippen molar-refractivity contribution >= 4 is 28.6 Å². The summed E-state index contributed by atoms with van der Waals surface area (Å²) < 4.78 is 23.4. The minimum absolute atomic E-state index is 0.0480. The molecule has 0 radical (unpaired) electrons. The van der Waals surface area contributed by atoms with Crippen molar-refractivity contribution in [3.8, 4) is 0 Å². The van der Waals surface area contributed by atoms with Crippen LogP contribution >= 0.6 is 0 Å². The molecule has 2 aliphatic rings. The molecule has 0 bridgehead atoms. The van der Waals surface area contributed by atoms with Crippen LogP contribution in [0, 0.1) is 5.92 Å². The number of β-lactam (4-membered cyclic amide) rings is 1. The molecule has 7 nitrogen and oxygen atoms in total. The molecule has 0 saturated carbocycles. The van der Waals surface area contributed by atoms with E-state index in [2.05, 4.69) is 4.74 Å². The van der Waals surface area contributed by atoms with Crippen molar-refractivity contribution in [2.75, 3.05) is 7.11 Å². The number of allylic oxidation sites excluding steroid dienone is 1. The molecule has 33 heavy (non-hydrogen) atoms. The minimum atomic E-state index is -1.61. The van der Waals surface area contributed by atoms with Crippen LogP contribution in [-0.4, -0.2) is 40.1 Å². The summed E-state index contributed by atoms with van der Waals surface area (Å²) in [6.07, 6.45) is 3.49. The summed E-state index contributed by atoms with van der Waals surface area (Å²) in [5, 5.41) is 0. The Labute approximate surface area is 194 Å². The largest absolute Gasteiger partial charge is 0.466 e. The lowest BCUT2D eigenvalue weighted by Gasteiger charge is -2.43.